The molecule has 4 aromatic rings. The number of amides is 2. The monoisotopic (exact) mass is 453 g/mol. The molecule has 0 spiro atoms. The Morgan fingerprint density at radius 1 is 0.912 bits per heavy atom. The van der Waals surface area contributed by atoms with Crippen molar-refractivity contribution in [1.29, 1.82) is 0 Å². The Kier molecular flexibility index (Phi) is 6.54. The Morgan fingerprint density at radius 2 is 1.68 bits per heavy atom. The van der Waals surface area contributed by atoms with Gasteiger partial charge in [-0.25, -0.2) is 0 Å². The van der Waals surface area contributed by atoms with Crippen molar-refractivity contribution in [2.45, 2.75) is 6.92 Å². The minimum absolute atomic E-state index is 0.0470. The molecule has 0 bridgehead atoms. The molecule has 3 N–H and O–H groups in total. The van der Waals surface area contributed by atoms with Crippen molar-refractivity contribution in [3.8, 4) is 5.75 Å². The van der Waals surface area contributed by atoms with Gasteiger partial charge in [-0.15, -0.1) is 0 Å². The molecule has 3 aromatic carbocycles. The predicted octanol–water partition coefficient (Wildman–Crippen LogP) is 4.79. The number of nitrogens with one attached hydrogen (secondary N) is 3. The zero-order valence-electron chi connectivity index (χ0n) is 18.7. The van der Waals surface area contributed by atoms with E-state index in [0.29, 0.717) is 28.1 Å². The summed E-state index contributed by atoms with van der Waals surface area (Å²) >= 11 is 0. The van der Waals surface area contributed by atoms with Crippen LogP contribution < -0.4 is 15.4 Å². The maximum atomic E-state index is 13.2. The van der Waals surface area contributed by atoms with Gasteiger partial charge < -0.3 is 20.4 Å². The number of Topliss-reactive ketones (excluding diaryl/α,β-unsaturated/α-hetero) is 1. The molecule has 0 fully saturated rings. The standard InChI is InChI=1S/C27H23N3O4/c1-17(31)19-9-6-10-21(13-19)29-27(33)25(30-26(32)18-7-4-3-5-8-18)14-20-16-28-24-12-11-22(34-2)15-23(20)24/h3-16,28H,1-2H3,(H,29,33)(H,30,32)/b25-14+. The van der Waals surface area contributed by atoms with Gasteiger partial charge in [-0.1, -0.05) is 30.3 Å². The normalized spacial score (nSPS) is 11.2. The van der Waals surface area contributed by atoms with Gasteiger partial charge in [-0.3, -0.25) is 14.4 Å². The van der Waals surface area contributed by atoms with Gasteiger partial charge in [-0.05, 0) is 55.5 Å². The molecular weight excluding hydrogens is 430 g/mol. The van der Waals surface area contributed by atoms with Gasteiger partial charge in [0.05, 0.1) is 7.11 Å². The summed E-state index contributed by atoms with van der Waals surface area (Å²) in [4.78, 5) is 40.9. The third kappa shape index (κ3) is 5.05. The second-order valence-electron chi connectivity index (χ2n) is 7.62. The van der Waals surface area contributed by atoms with E-state index in [-0.39, 0.29) is 11.5 Å². The number of benzene rings is 3. The molecule has 0 atom stereocenters. The van der Waals surface area contributed by atoms with Gasteiger partial charge in [0.15, 0.2) is 5.78 Å². The first-order chi connectivity index (χ1) is 16.4. The molecule has 2 amide bonds. The van der Waals surface area contributed by atoms with Crippen LogP contribution in [-0.2, 0) is 4.79 Å². The molecule has 170 valence electrons. The highest BCUT2D eigenvalue weighted by Crippen LogP contribution is 2.25. The van der Waals surface area contributed by atoms with E-state index in [1.807, 2.05) is 24.3 Å². The van der Waals surface area contributed by atoms with E-state index in [1.165, 1.54) is 6.92 Å². The molecule has 0 aliphatic rings. The van der Waals surface area contributed by atoms with E-state index < -0.39 is 11.8 Å². The van der Waals surface area contributed by atoms with Crippen LogP contribution in [0.1, 0.15) is 33.2 Å². The van der Waals surface area contributed by atoms with Gasteiger partial charge in [0.2, 0.25) is 0 Å². The third-order valence-corrected chi connectivity index (χ3v) is 5.28. The molecule has 34 heavy (non-hydrogen) atoms. The van der Waals surface area contributed by atoms with Crippen LogP contribution >= 0.6 is 0 Å². The number of rotatable bonds is 7. The molecule has 0 unspecified atom stereocenters. The molecule has 0 radical (unpaired) electrons. The number of ketones is 1. The maximum absolute atomic E-state index is 13.2. The second-order valence-corrected chi connectivity index (χ2v) is 7.62. The topological polar surface area (TPSA) is 100 Å². The lowest BCUT2D eigenvalue weighted by atomic mass is 10.1. The summed E-state index contributed by atoms with van der Waals surface area (Å²) in [5, 5.41) is 6.32. The van der Waals surface area contributed by atoms with Crippen LogP contribution in [0.4, 0.5) is 5.69 Å². The number of hydrogen-bond donors (Lipinski definition) is 3. The summed E-state index contributed by atoms with van der Waals surface area (Å²) in [6, 6.07) is 20.8. The number of ether oxygens (including phenoxy) is 1. The van der Waals surface area contributed by atoms with Gasteiger partial charge in [-0.2, -0.15) is 0 Å². The van der Waals surface area contributed by atoms with Crippen molar-refractivity contribution in [2.75, 3.05) is 12.4 Å². The number of fused-ring (bicyclic) bond motifs is 1. The van der Waals surface area contributed by atoms with Crippen molar-refractivity contribution in [3.63, 3.8) is 0 Å². The zero-order chi connectivity index (χ0) is 24.1. The average molecular weight is 453 g/mol. The minimum Gasteiger partial charge on any atom is -0.497 e. The highest BCUT2D eigenvalue weighted by atomic mass is 16.5. The number of aromatic amines is 1. The Hall–Kier alpha value is -4.65. The number of carbonyl (C=O) groups excluding carboxylic acids is 3. The average Bonchev–Trinajstić information content (AvgIpc) is 3.26. The maximum Gasteiger partial charge on any atom is 0.272 e. The number of aromatic nitrogens is 1. The van der Waals surface area contributed by atoms with Crippen molar-refractivity contribution in [2.24, 2.45) is 0 Å². The van der Waals surface area contributed by atoms with Crippen LogP contribution in [-0.4, -0.2) is 29.7 Å². The lowest BCUT2D eigenvalue weighted by molar-refractivity contribution is -0.113. The molecule has 0 saturated heterocycles. The van der Waals surface area contributed by atoms with Crippen LogP contribution in [0.15, 0.2) is 84.7 Å². The van der Waals surface area contributed by atoms with Crippen LogP contribution in [0, 0.1) is 0 Å². The van der Waals surface area contributed by atoms with Crippen LogP contribution in [0.2, 0.25) is 0 Å². The number of hydrogen-bond acceptors (Lipinski definition) is 4. The smallest absolute Gasteiger partial charge is 0.272 e. The molecule has 0 aliphatic heterocycles. The third-order valence-electron chi connectivity index (χ3n) is 5.28. The largest absolute Gasteiger partial charge is 0.497 e. The highest BCUT2D eigenvalue weighted by Gasteiger charge is 2.16. The summed E-state index contributed by atoms with van der Waals surface area (Å²) < 4.78 is 5.32. The van der Waals surface area contributed by atoms with Crippen LogP contribution in [0.25, 0.3) is 17.0 Å². The highest BCUT2D eigenvalue weighted by molar-refractivity contribution is 6.12. The van der Waals surface area contributed by atoms with Gasteiger partial charge in [0.1, 0.15) is 11.4 Å². The first-order valence-corrected chi connectivity index (χ1v) is 10.6. The number of anilines is 1. The minimum atomic E-state index is -0.526. The quantitative estimate of drug-likeness (QED) is 0.277. The summed E-state index contributed by atoms with van der Waals surface area (Å²) in [5.41, 5.74) is 2.94. The van der Waals surface area contributed by atoms with Gasteiger partial charge in [0, 0.05) is 39.5 Å². The summed E-state index contributed by atoms with van der Waals surface area (Å²) in [6.07, 6.45) is 3.35. The summed E-state index contributed by atoms with van der Waals surface area (Å²) in [6.45, 7) is 1.46. The molecule has 0 aliphatic carbocycles. The van der Waals surface area contributed by atoms with E-state index in [4.69, 9.17) is 4.74 Å². The Labute approximate surface area is 196 Å². The molecule has 0 saturated carbocycles. The van der Waals surface area contributed by atoms with E-state index in [2.05, 4.69) is 15.6 Å². The number of H-pyrrole nitrogens is 1. The second kappa shape index (κ2) is 9.87. The van der Waals surface area contributed by atoms with Gasteiger partial charge in [0.25, 0.3) is 11.8 Å². The molecule has 7 nitrogen and oxygen atoms in total. The molecular formula is C27H23N3O4. The lowest BCUT2D eigenvalue weighted by Crippen LogP contribution is -2.30. The SMILES string of the molecule is COc1ccc2[nH]cc(/C=C(/NC(=O)c3ccccc3)C(=O)Nc3cccc(C(C)=O)c3)c2c1. The fraction of sp³-hybridized carbons (Fsp3) is 0.0741. The van der Waals surface area contributed by atoms with E-state index in [0.717, 1.165) is 10.9 Å². The van der Waals surface area contributed by atoms with E-state index in [9.17, 15) is 14.4 Å². The Bertz CT molecular complexity index is 1400. The van der Waals surface area contributed by atoms with E-state index in [1.54, 1.807) is 67.9 Å². The molecule has 7 heteroatoms. The molecule has 1 aromatic heterocycles. The fourth-order valence-corrected chi connectivity index (χ4v) is 3.48. The van der Waals surface area contributed by atoms with Gasteiger partial charge >= 0.3 is 0 Å². The Morgan fingerprint density at radius 3 is 2.41 bits per heavy atom. The lowest BCUT2D eigenvalue weighted by Gasteiger charge is -2.12. The van der Waals surface area contributed by atoms with Crippen molar-refractivity contribution in [3.05, 3.63) is 101 Å². The van der Waals surface area contributed by atoms with Crippen LogP contribution in [0.3, 0.4) is 0 Å². The summed E-state index contributed by atoms with van der Waals surface area (Å²) in [7, 11) is 1.58. The zero-order valence-corrected chi connectivity index (χ0v) is 18.7. The van der Waals surface area contributed by atoms with Crippen molar-refractivity contribution < 1.29 is 19.1 Å². The summed E-state index contributed by atoms with van der Waals surface area (Å²) in [5.74, 6) is -0.391. The van der Waals surface area contributed by atoms with Crippen LogP contribution in [0.5, 0.6) is 5.75 Å². The molecule has 4 rings (SSSR count). The number of carbonyl (C=O) groups is 3. The van der Waals surface area contributed by atoms with Crippen molar-refractivity contribution in [1.82, 2.24) is 10.3 Å². The van der Waals surface area contributed by atoms with E-state index >= 15 is 0 Å². The molecule has 1 heterocycles. The number of methoxy groups -OCH3 is 1. The van der Waals surface area contributed by atoms with Crippen molar-refractivity contribution >= 4 is 40.3 Å². The first kappa shape index (κ1) is 22.5. The Balaban J connectivity index is 1.71. The first-order valence-electron chi connectivity index (χ1n) is 10.6. The predicted molar refractivity (Wildman–Crippen MR) is 132 cm³/mol. The fourth-order valence-electron chi connectivity index (χ4n) is 3.48.